The second-order valence-electron chi connectivity index (χ2n) is 8.33. The first kappa shape index (κ1) is 26.7. The first-order chi connectivity index (χ1) is 14.1. The Kier molecular flexibility index (Phi) is 10.3. The first-order valence-corrected chi connectivity index (χ1v) is 10.4. The third kappa shape index (κ3) is 7.41. The van der Waals surface area contributed by atoms with Gasteiger partial charge in [0.1, 0.15) is 5.76 Å². The molecule has 0 atom stereocenters. The largest absolute Gasteiger partial charge is 0.512 e. The Morgan fingerprint density at radius 1 is 0.968 bits per heavy atom. The van der Waals surface area contributed by atoms with Crippen LogP contribution in [0.5, 0.6) is 0 Å². The fourth-order valence-corrected chi connectivity index (χ4v) is 3.24. The van der Waals surface area contributed by atoms with Crippen molar-refractivity contribution in [2.75, 3.05) is 0 Å². The second kappa shape index (κ2) is 11.9. The number of carbonyl (C=O) groups is 1. The van der Waals surface area contributed by atoms with Crippen molar-refractivity contribution in [3.8, 4) is 11.3 Å². The summed E-state index contributed by atoms with van der Waals surface area (Å²) >= 11 is 0. The maximum Gasteiger partial charge on any atom is 0.164 e. The van der Waals surface area contributed by atoms with Crippen molar-refractivity contribution >= 4 is 16.7 Å². The molecular weight excluding hydrogens is 563 g/mol. The molecule has 1 radical (unpaired) electrons. The van der Waals surface area contributed by atoms with Gasteiger partial charge in [-0.15, -0.1) is 34.9 Å². The Morgan fingerprint density at radius 3 is 2.19 bits per heavy atom. The van der Waals surface area contributed by atoms with E-state index in [4.69, 9.17) is 4.98 Å². The van der Waals surface area contributed by atoms with Crippen molar-refractivity contribution in [3.05, 3.63) is 77.1 Å². The van der Waals surface area contributed by atoms with Gasteiger partial charge in [-0.3, -0.25) is 9.78 Å². The van der Waals surface area contributed by atoms with E-state index in [0.717, 1.165) is 22.3 Å². The van der Waals surface area contributed by atoms with Crippen LogP contribution in [-0.2, 0) is 24.9 Å². The van der Waals surface area contributed by atoms with Crippen molar-refractivity contribution in [2.24, 2.45) is 11.8 Å². The molecule has 1 aromatic heterocycles. The molecule has 0 unspecified atom stereocenters. The third-order valence-corrected chi connectivity index (χ3v) is 4.85. The van der Waals surface area contributed by atoms with Crippen LogP contribution in [0.15, 0.2) is 59.9 Å². The topological polar surface area (TPSA) is 50.2 Å². The minimum absolute atomic E-state index is 0. The van der Waals surface area contributed by atoms with E-state index in [1.165, 1.54) is 10.9 Å². The van der Waals surface area contributed by atoms with Crippen LogP contribution in [0.4, 0.5) is 0 Å². The summed E-state index contributed by atoms with van der Waals surface area (Å²) in [6.07, 6.45) is 0. The minimum Gasteiger partial charge on any atom is -0.512 e. The molecule has 0 fully saturated rings. The molecule has 3 rings (SSSR count). The SMILES string of the molecule is CC(C(=O)C(C)C)=C(O)C(C)C.Cc1[c-]c(-c2ccc3ccccc3n2)cc(C)c1.[Ir]. The van der Waals surface area contributed by atoms with E-state index < -0.39 is 0 Å². The van der Waals surface area contributed by atoms with E-state index in [1.807, 2.05) is 45.9 Å². The maximum absolute atomic E-state index is 11.4. The van der Waals surface area contributed by atoms with E-state index in [0.29, 0.717) is 5.57 Å². The molecule has 4 heteroatoms. The van der Waals surface area contributed by atoms with Gasteiger partial charge in [-0.1, -0.05) is 71.9 Å². The molecule has 2 aromatic carbocycles. The van der Waals surface area contributed by atoms with E-state index in [1.54, 1.807) is 6.92 Å². The van der Waals surface area contributed by atoms with Crippen LogP contribution in [0.2, 0.25) is 0 Å². The minimum atomic E-state index is -0.0362. The molecule has 0 aliphatic carbocycles. The fourth-order valence-electron chi connectivity index (χ4n) is 3.24. The summed E-state index contributed by atoms with van der Waals surface area (Å²) in [4.78, 5) is 16.1. The average Bonchev–Trinajstić information content (AvgIpc) is 2.71. The molecule has 0 spiro atoms. The molecule has 0 aliphatic heterocycles. The van der Waals surface area contributed by atoms with Crippen molar-refractivity contribution in [1.82, 2.24) is 4.98 Å². The molecule has 167 valence electrons. The van der Waals surface area contributed by atoms with Crippen LogP contribution in [-0.4, -0.2) is 15.9 Å². The Balaban J connectivity index is 0.000000328. The van der Waals surface area contributed by atoms with E-state index in [9.17, 15) is 9.90 Å². The van der Waals surface area contributed by atoms with Gasteiger partial charge in [0, 0.05) is 37.5 Å². The molecule has 3 aromatic rings. The Bertz CT molecular complexity index is 1050. The van der Waals surface area contributed by atoms with Gasteiger partial charge in [0.15, 0.2) is 5.78 Å². The summed E-state index contributed by atoms with van der Waals surface area (Å²) in [6, 6.07) is 20.0. The molecule has 1 N–H and O–H groups in total. The fraction of sp³-hybridized carbons (Fsp3) is 0.333. The number of fused-ring (bicyclic) bond motifs is 1. The van der Waals surface area contributed by atoms with Gasteiger partial charge in [0.05, 0.1) is 5.52 Å². The normalized spacial score (nSPS) is 11.5. The Morgan fingerprint density at radius 2 is 1.61 bits per heavy atom. The Labute approximate surface area is 200 Å². The number of aromatic nitrogens is 1. The number of hydrogen-bond acceptors (Lipinski definition) is 3. The van der Waals surface area contributed by atoms with Crippen LogP contribution < -0.4 is 0 Å². The number of allylic oxidation sites excluding steroid dienone is 2. The number of carbonyl (C=O) groups excluding carboxylic acids is 1. The molecule has 0 bridgehead atoms. The molecule has 0 saturated heterocycles. The van der Waals surface area contributed by atoms with Gasteiger partial charge in [0.25, 0.3) is 0 Å². The van der Waals surface area contributed by atoms with E-state index >= 15 is 0 Å². The number of hydrogen-bond donors (Lipinski definition) is 1. The summed E-state index contributed by atoms with van der Waals surface area (Å²) in [5, 5.41) is 10.6. The zero-order valence-corrected chi connectivity index (χ0v) is 21.8. The van der Waals surface area contributed by atoms with E-state index in [2.05, 4.69) is 50.2 Å². The maximum atomic E-state index is 11.4. The number of nitrogens with zero attached hydrogens (tertiary/aromatic N) is 1. The summed E-state index contributed by atoms with van der Waals surface area (Å²) in [7, 11) is 0. The predicted octanol–water partition coefficient (Wildman–Crippen LogP) is 7.02. The van der Waals surface area contributed by atoms with Gasteiger partial charge < -0.3 is 5.11 Å². The van der Waals surface area contributed by atoms with Crippen molar-refractivity contribution in [2.45, 2.75) is 48.5 Å². The van der Waals surface area contributed by atoms with Crippen LogP contribution in [0.3, 0.4) is 0 Å². The third-order valence-electron chi connectivity index (χ3n) is 4.85. The van der Waals surface area contributed by atoms with Crippen LogP contribution >= 0.6 is 0 Å². The summed E-state index contributed by atoms with van der Waals surface area (Å²) in [5.74, 6) is 0.244. The van der Waals surface area contributed by atoms with Gasteiger partial charge in [0.2, 0.25) is 0 Å². The molecule has 1 heterocycles. The second-order valence-corrected chi connectivity index (χ2v) is 8.33. The van der Waals surface area contributed by atoms with Gasteiger partial charge in [-0.2, -0.15) is 0 Å². The zero-order valence-electron chi connectivity index (χ0n) is 19.4. The van der Waals surface area contributed by atoms with Crippen molar-refractivity contribution < 1.29 is 30.0 Å². The average molecular weight is 595 g/mol. The summed E-state index contributed by atoms with van der Waals surface area (Å²) in [6.45, 7) is 13.2. The quantitative estimate of drug-likeness (QED) is 0.201. The number of para-hydroxylation sites is 1. The smallest absolute Gasteiger partial charge is 0.164 e. The molecule has 0 aliphatic rings. The Hall–Kier alpha value is -2.29. The van der Waals surface area contributed by atoms with Crippen LogP contribution in [0, 0.1) is 31.7 Å². The van der Waals surface area contributed by atoms with Gasteiger partial charge in [-0.25, -0.2) is 0 Å². The number of ketones is 1. The molecular formula is C27H32IrNO2-. The molecule has 0 saturated carbocycles. The number of rotatable bonds is 4. The van der Waals surface area contributed by atoms with Gasteiger partial charge >= 0.3 is 0 Å². The predicted molar refractivity (Wildman–Crippen MR) is 126 cm³/mol. The van der Waals surface area contributed by atoms with Crippen LogP contribution in [0.1, 0.15) is 45.7 Å². The summed E-state index contributed by atoms with van der Waals surface area (Å²) < 4.78 is 0. The van der Waals surface area contributed by atoms with Crippen molar-refractivity contribution in [3.63, 3.8) is 0 Å². The monoisotopic (exact) mass is 595 g/mol. The van der Waals surface area contributed by atoms with Crippen molar-refractivity contribution in [1.29, 1.82) is 0 Å². The number of benzene rings is 2. The summed E-state index contributed by atoms with van der Waals surface area (Å²) in [5.41, 5.74) is 5.98. The zero-order chi connectivity index (χ0) is 22.4. The number of aryl methyl sites for hydroxylation is 2. The number of pyridine rings is 1. The standard InChI is InChI=1S/C17H14N.C10H18O2.Ir/c1-12-9-13(2)11-15(10-12)17-8-7-14-5-3-4-6-16(14)18-17;1-6(2)9(11)8(5)10(12)7(3)4;/h3-10H,1-2H3;6-7,11H,1-5H3;/q-1;;. The van der Waals surface area contributed by atoms with Crippen LogP contribution in [0.25, 0.3) is 22.2 Å². The number of aliphatic hydroxyl groups excluding tert-OH is 1. The number of aliphatic hydroxyl groups is 1. The molecule has 31 heavy (non-hydrogen) atoms. The molecule has 3 nitrogen and oxygen atoms in total. The molecule has 0 amide bonds. The first-order valence-electron chi connectivity index (χ1n) is 10.4. The number of Topliss-reactive ketones (excluding diaryl/α,β-unsaturated/α-hetero) is 1. The van der Waals surface area contributed by atoms with E-state index in [-0.39, 0.29) is 43.5 Å². The van der Waals surface area contributed by atoms with Gasteiger partial charge in [-0.05, 0) is 24.1 Å².